The molecule has 0 spiro atoms. The van der Waals surface area contributed by atoms with Gasteiger partial charge in [-0.2, -0.15) is 13.2 Å². The largest absolute Gasteiger partial charge is 0.414 e. The van der Waals surface area contributed by atoms with Gasteiger partial charge in [-0.15, -0.1) is 0 Å². The van der Waals surface area contributed by atoms with Gasteiger partial charge in [0, 0.05) is 34.1 Å². The standard InChI is InChI=1S/C21H19ClF3N3O3/c1-11(19(26)30)28-8-7-13-14(20(28)31)3-2-4-17(13)27-18(29)10-12-5-6-16(22)15(9-12)21(23,24)25/h2-8,11-12H,9-10H2,1H3,(H2,26,30)(H,27,29)/t11-,12?/m1/s1. The molecule has 0 aliphatic heterocycles. The van der Waals surface area contributed by atoms with Gasteiger partial charge in [-0.25, -0.2) is 0 Å². The van der Waals surface area contributed by atoms with Gasteiger partial charge in [0.2, 0.25) is 11.8 Å². The molecule has 3 N–H and O–H groups in total. The molecule has 1 aromatic heterocycles. The van der Waals surface area contributed by atoms with Gasteiger partial charge in [0.25, 0.3) is 5.56 Å². The number of rotatable bonds is 5. The van der Waals surface area contributed by atoms with Crippen molar-refractivity contribution in [2.45, 2.75) is 32.0 Å². The molecule has 1 heterocycles. The first-order valence-electron chi connectivity index (χ1n) is 9.36. The number of nitrogens with zero attached hydrogens (tertiary/aromatic N) is 1. The second kappa shape index (κ2) is 8.58. The Morgan fingerprint density at radius 1 is 1.29 bits per heavy atom. The fourth-order valence-electron chi connectivity index (χ4n) is 3.42. The Labute approximate surface area is 180 Å². The molecule has 0 bridgehead atoms. The molecule has 0 saturated heterocycles. The summed E-state index contributed by atoms with van der Waals surface area (Å²) in [5, 5.41) is 2.98. The fraction of sp³-hybridized carbons (Fsp3) is 0.286. The summed E-state index contributed by atoms with van der Waals surface area (Å²) in [5.41, 5.74) is 4.29. The first-order valence-corrected chi connectivity index (χ1v) is 9.74. The maximum absolute atomic E-state index is 13.1. The van der Waals surface area contributed by atoms with Crippen molar-refractivity contribution in [1.82, 2.24) is 4.57 Å². The summed E-state index contributed by atoms with van der Waals surface area (Å²) in [7, 11) is 0. The van der Waals surface area contributed by atoms with Crippen molar-refractivity contribution in [3.05, 3.63) is 63.6 Å². The summed E-state index contributed by atoms with van der Waals surface area (Å²) >= 11 is 5.65. The third-order valence-electron chi connectivity index (χ3n) is 5.14. The summed E-state index contributed by atoms with van der Waals surface area (Å²) in [5.74, 6) is -1.84. The van der Waals surface area contributed by atoms with E-state index in [-0.39, 0.29) is 16.8 Å². The molecule has 2 atom stereocenters. The lowest BCUT2D eigenvalue weighted by atomic mass is 9.91. The van der Waals surface area contributed by atoms with E-state index in [2.05, 4.69) is 5.32 Å². The number of hydrogen-bond acceptors (Lipinski definition) is 3. The molecule has 10 heteroatoms. The van der Waals surface area contributed by atoms with E-state index in [9.17, 15) is 27.6 Å². The maximum atomic E-state index is 13.1. The van der Waals surface area contributed by atoms with Crippen LogP contribution in [0.3, 0.4) is 0 Å². The second-order valence-corrected chi connectivity index (χ2v) is 7.68. The minimum atomic E-state index is -4.56. The summed E-state index contributed by atoms with van der Waals surface area (Å²) < 4.78 is 40.4. The van der Waals surface area contributed by atoms with Gasteiger partial charge in [0.15, 0.2) is 0 Å². The third-order valence-corrected chi connectivity index (χ3v) is 5.49. The molecule has 6 nitrogen and oxygen atoms in total. The van der Waals surface area contributed by atoms with Gasteiger partial charge in [0.05, 0.1) is 5.57 Å². The fourth-order valence-corrected chi connectivity index (χ4v) is 3.68. The first kappa shape index (κ1) is 22.6. The molecule has 1 aliphatic rings. The first-order chi connectivity index (χ1) is 14.5. The van der Waals surface area contributed by atoms with Gasteiger partial charge in [-0.3, -0.25) is 14.4 Å². The highest BCUT2D eigenvalue weighted by molar-refractivity contribution is 6.31. The Kier molecular flexibility index (Phi) is 6.26. The summed E-state index contributed by atoms with van der Waals surface area (Å²) in [6.45, 7) is 1.49. The maximum Gasteiger partial charge on any atom is 0.414 e. The predicted octanol–water partition coefficient (Wildman–Crippen LogP) is 4.01. The van der Waals surface area contributed by atoms with Crippen LogP contribution in [0.1, 0.15) is 25.8 Å². The zero-order chi connectivity index (χ0) is 22.9. The highest BCUT2D eigenvalue weighted by atomic mass is 35.5. The lowest BCUT2D eigenvalue weighted by Crippen LogP contribution is -2.31. The third kappa shape index (κ3) is 4.82. The van der Waals surface area contributed by atoms with E-state index in [0.29, 0.717) is 11.1 Å². The van der Waals surface area contributed by atoms with Crippen LogP contribution in [0, 0.1) is 5.92 Å². The number of primary amides is 1. The average Bonchev–Trinajstić information content (AvgIpc) is 2.69. The number of hydrogen-bond donors (Lipinski definition) is 2. The van der Waals surface area contributed by atoms with E-state index in [0.717, 1.165) is 6.08 Å². The van der Waals surface area contributed by atoms with E-state index in [1.165, 1.54) is 23.8 Å². The van der Waals surface area contributed by atoms with Gasteiger partial charge >= 0.3 is 6.18 Å². The van der Waals surface area contributed by atoms with Crippen LogP contribution >= 0.6 is 11.6 Å². The smallest absolute Gasteiger partial charge is 0.368 e. The molecule has 0 fully saturated rings. The monoisotopic (exact) mass is 453 g/mol. The molecule has 1 aliphatic carbocycles. The summed E-state index contributed by atoms with van der Waals surface area (Å²) in [4.78, 5) is 36.6. The van der Waals surface area contributed by atoms with Gasteiger partial charge in [0.1, 0.15) is 6.04 Å². The number of amides is 2. The molecule has 1 unspecified atom stereocenters. The summed E-state index contributed by atoms with van der Waals surface area (Å²) in [6.07, 6.45) is -1.10. The topological polar surface area (TPSA) is 94.2 Å². The number of allylic oxidation sites excluding steroid dienone is 4. The number of halogens is 4. The summed E-state index contributed by atoms with van der Waals surface area (Å²) in [6, 6.07) is 5.40. The van der Waals surface area contributed by atoms with Crippen LogP contribution in [0.4, 0.5) is 18.9 Å². The van der Waals surface area contributed by atoms with Gasteiger partial charge < -0.3 is 15.6 Å². The molecular weight excluding hydrogens is 435 g/mol. The second-order valence-electron chi connectivity index (χ2n) is 7.27. The number of alkyl halides is 3. The van der Waals surface area contributed by atoms with Crippen LogP contribution in [0.25, 0.3) is 10.8 Å². The highest BCUT2D eigenvalue weighted by Gasteiger charge is 2.38. The SMILES string of the molecule is C[C@H](C(N)=O)n1ccc2c(NC(=O)CC3C=CC(Cl)=C(C(F)(F)F)C3)cccc2c1=O. The molecule has 2 aromatic rings. The minimum Gasteiger partial charge on any atom is -0.368 e. The number of benzene rings is 1. The molecule has 0 radical (unpaired) electrons. The Hall–Kier alpha value is -3.07. The Balaban J connectivity index is 1.80. The van der Waals surface area contributed by atoms with Crippen molar-refractivity contribution < 1.29 is 22.8 Å². The van der Waals surface area contributed by atoms with Crippen LogP contribution in [0.15, 0.2) is 58.0 Å². The number of aromatic nitrogens is 1. The van der Waals surface area contributed by atoms with E-state index < -0.39 is 47.5 Å². The van der Waals surface area contributed by atoms with Crippen molar-refractivity contribution in [3.8, 4) is 0 Å². The van der Waals surface area contributed by atoms with Crippen molar-refractivity contribution in [2.75, 3.05) is 5.32 Å². The number of carbonyl (C=O) groups is 2. The molecule has 1 aromatic carbocycles. The minimum absolute atomic E-state index is 0.188. The Morgan fingerprint density at radius 3 is 2.65 bits per heavy atom. The normalized spacial score (nSPS) is 17.6. The van der Waals surface area contributed by atoms with Crippen LogP contribution in [-0.2, 0) is 9.59 Å². The van der Waals surface area contributed by atoms with Crippen LogP contribution in [0.5, 0.6) is 0 Å². The van der Waals surface area contributed by atoms with Crippen LogP contribution in [-0.4, -0.2) is 22.6 Å². The molecule has 2 amide bonds. The quantitative estimate of drug-likeness (QED) is 0.716. The van der Waals surface area contributed by atoms with E-state index in [1.807, 2.05) is 0 Å². The van der Waals surface area contributed by atoms with Crippen LogP contribution in [0.2, 0.25) is 0 Å². The van der Waals surface area contributed by atoms with Crippen molar-refractivity contribution in [2.24, 2.45) is 11.7 Å². The molecule has 31 heavy (non-hydrogen) atoms. The number of fused-ring (bicyclic) bond motifs is 1. The van der Waals surface area contributed by atoms with E-state index >= 15 is 0 Å². The zero-order valence-electron chi connectivity index (χ0n) is 16.4. The predicted molar refractivity (Wildman–Crippen MR) is 112 cm³/mol. The highest BCUT2D eigenvalue weighted by Crippen LogP contribution is 2.39. The molecule has 0 saturated carbocycles. The van der Waals surface area contributed by atoms with Crippen molar-refractivity contribution >= 4 is 39.9 Å². The van der Waals surface area contributed by atoms with E-state index in [1.54, 1.807) is 24.3 Å². The Morgan fingerprint density at radius 2 is 2.00 bits per heavy atom. The van der Waals surface area contributed by atoms with E-state index in [4.69, 9.17) is 17.3 Å². The molecule has 3 rings (SSSR count). The number of nitrogens with two attached hydrogens (primary N) is 1. The van der Waals surface area contributed by atoms with Crippen LogP contribution < -0.4 is 16.6 Å². The Bertz CT molecular complexity index is 1170. The van der Waals surface area contributed by atoms with Crippen molar-refractivity contribution in [1.29, 1.82) is 0 Å². The number of nitrogens with one attached hydrogen (secondary N) is 1. The zero-order valence-corrected chi connectivity index (χ0v) is 17.1. The number of anilines is 1. The molecule has 164 valence electrons. The lowest BCUT2D eigenvalue weighted by Gasteiger charge is -2.22. The van der Waals surface area contributed by atoms with Gasteiger partial charge in [-0.1, -0.05) is 23.7 Å². The van der Waals surface area contributed by atoms with Crippen molar-refractivity contribution in [3.63, 3.8) is 0 Å². The lowest BCUT2D eigenvalue weighted by molar-refractivity contribution is -0.120. The molecular formula is C21H19ClF3N3O3. The average molecular weight is 454 g/mol. The number of pyridine rings is 1. The van der Waals surface area contributed by atoms with Gasteiger partial charge in [-0.05, 0) is 43.5 Å². The number of carbonyl (C=O) groups excluding carboxylic acids is 2.